The zero-order valence-corrected chi connectivity index (χ0v) is 14.9. The van der Waals surface area contributed by atoms with Crippen molar-refractivity contribution >= 4 is 70.5 Å². The molecule has 0 radical (unpaired) electrons. The molecule has 0 aromatic carbocycles. The van der Waals surface area contributed by atoms with E-state index in [4.69, 9.17) is 5.84 Å². The van der Waals surface area contributed by atoms with E-state index in [0.29, 0.717) is 0 Å². The summed E-state index contributed by atoms with van der Waals surface area (Å²) in [7, 11) is 0. The van der Waals surface area contributed by atoms with Crippen molar-refractivity contribution in [1.82, 2.24) is 5.43 Å². The molecular weight excluding hydrogens is 452 g/mol. The van der Waals surface area contributed by atoms with Crippen LogP contribution in [0.15, 0.2) is 30.2 Å². The molecule has 2 heterocycles. The van der Waals surface area contributed by atoms with Gasteiger partial charge in [-0.15, -0.1) is 22.7 Å². The third-order valence-corrected chi connectivity index (χ3v) is 7.26. The second-order valence-corrected chi connectivity index (χ2v) is 9.20. The molecule has 0 amide bonds. The molecule has 92 valence electrons. The average molecular weight is 461 g/mol. The third-order valence-electron chi connectivity index (χ3n) is 2.24. The van der Waals surface area contributed by atoms with Gasteiger partial charge in [0.15, 0.2) is 0 Å². The van der Waals surface area contributed by atoms with Crippen LogP contribution in [0.4, 0.5) is 0 Å². The lowest BCUT2D eigenvalue weighted by molar-refractivity contribution is 0.564. The molecule has 0 aliphatic heterocycles. The Morgan fingerprint density at radius 2 is 2.00 bits per heavy atom. The summed E-state index contributed by atoms with van der Waals surface area (Å²) >= 11 is 13.9. The summed E-state index contributed by atoms with van der Waals surface area (Å²) in [5, 5.41) is 0. The van der Waals surface area contributed by atoms with Crippen molar-refractivity contribution in [3.05, 3.63) is 40.0 Å². The Balaban J connectivity index is 2.16. The van der Waals surface area contributed by atoms with Crippen molar-refractivity contribution in [1.29, 1.82) is 0 Å². The SMILES string of the molecule is NNC(Cc1ccc(Br)s1)c1cc(Br)c(Br)s1. The first-order valence-corrected chi connectivity index (χ1v) is 8.76. The molecule has 0 aliphatic rings. The Hall–Kier alpha value is 0.760. The van der Waals surface area contributed by atoms with Crippen LogP contribution in [0.1, 0.15) is 15.8 Å². The molecule has 2 rings (SSSR count). The lowest BCUT2D eigenvalue weighted by Crippen LogP contribution is -2.28. The van der Waals surface area contributed by atoms with Crippen LogP contribution < -0.4 is 11.3 Å². The standard InChI is InChI=1S/C10H9Br3N2S2/c11-6-4-8(17-10(6)13)7(15-14)3-5-1-2-9(12)16-5/h1-2,4,7,15H,3,14H2. The summed E-state index contributed by atoms with van der Waals surface area (Å²) in [5.74, 6) is 5.64. The van der Waals surface area contributed by atoms with Crippen LogP contribution in [-0.4, -0.2) is 0 Å². The number of nitrogens with two attached hydrogens (primary N) is 1. The number of nitrogens with one attached hydrogen (secondary N) is 1. The number of halogens is 3. The smallest absolute Gasteiger partial charge is 0.0843 e. The minimum Gasteiger partial charge on any atom is -0.271 e. The minimum absolute atomic E-state index is 0.146. The molecule has 0 saturated heterocycles. The van der Waals surface area contributed by atoms with Gasteiger partial charge in [0, 0.05) is 20.6 Å². The molecule has 17 heavy (non-hydrogen) atoms. The Bertz CT molecular complexity index is 490. The number of thiophene rings is 2. The quantitative estimate of drug-likeness (QED) is 0.506. The largest absolute Gasteiger partial charge is 0.271 e. The highest BCUT2D eigenvalue weighted by Crippen LogP contribution is 2.37. The second kappa shape index (κ2) is 6.27. The van der Waals surface area contributed by atoms with Gasteiger partial charge in [0.05, 0.1) is 13.6 Å². The van der Waals surface area contributed by atoms with Crippen molar-refractivity contribution in [3.63, 3.8) is 0 Å². The summed E-state index contributed by atoms with van der Waals surface area (Å²) in [6.45, 7) is 0. The monoisotopic (exact) mass is 458 g/mol. The summed E-state index contributed by atoms with van der Waals surface area (Å²) < 4.78 is 3.32. The number of hydrogen-bond acceptors (Lipinski definition) is 4. The predicted molar refractivity (Wildman–Crippen MR) is 85.5 cm³/mol. The first kappa shape index (κ1) is 14.2. The van der Waals surface area contributed by atoms with E-state index in [9.17, 15) is 0 Å². The van der Waals surface area contributed by atoms with Gasteiger partial charge in [-0.05, 0) is 66.0 Å². The van der Waals surface area contributed by atoms with E-state index in [1.165, 1.54) is 9.75 Å². The van der Waals surface area contributed by atoms with E-state index in [1.807, 2.05) is 0 Å². The normalized spacial score (nSPS) is 12.9. The van der Waals surface area contributed by atoms with Gasteiger partial charge in [-0.25, -0.2) is 0 Å². The van der Waals surface area contributed by atoms with E-state index in [1.54, 1.807) is 22.7 Å². The van der Waals surface area contributed by atoms with Gasteiger partial charge in [-0.3, -0.25) is 11.3 Å². The predicted octanol–water partition coefficient (Wildman–Crippen LogP) is 4.84. The van der Waals surface area contributed by atoms with Crippen LogP contribution in [0.25, 0.3) is 0 Å². The molecule has 0 bridgehead atoms. The molecule has 3 N–H and O–H groups in total. The molecule has 2 nitrogen and oxygen atoms in total. The molecule has 0 fully saturated rings. The van der Waals surface area contributed by atoms with Gasteiger partial charge in [-0.2, -0.15) is 0 Å². The maximum atomic E-state index is 5.64. The van der Waals surface area contributed by atoms with Crippen LogP contribution in [0.5, 0.6) is 0 Å². The van der Waals surface area contributed by atoms with Gasteiger partial charge in [0.1, 0.15) is 0 Å². The first-order chi connectivity index (χ1) is 8.10. The molecule has 2 aromatic rings. The summed E-state index contributed by atoms with van der Waals surface area (Å²) in [4.78, 5) is 2.52. The highest BCUT2D eigenvalue weighted by Gasteiger charge is 2.16. The highest BCUT2D eigenvalue weighted by molar-refractivity contribution is 9.13. The van der Waals surface area contributed by atoms with Crippen LogP contribution in [0.2, 0.25) is 0 Å². The lowest BCUT2D eigenvalue weighted by Gasteiger charge is -2.12. The fourth-order valence-electron chi connectivity index (χ4n) is 1.44. The number of hydrazine groups is 1. The minimum atomic E-state index is 0.146. The maximum absolute atomic E-state index is 5.64. The molecule has 2 aromatic heterocycles. The van der Waals surface area contributed by atoms with E-state index < -0.39 is 0 Å². The lowest BCUT2D eigenvalue weighted by atomic mass is 10.1. The van der Waals surface area contributed by atoms with Crippen LogP contribution >= 0.6 is 70.5 Å². The van der Waals surface area contributed by atoms with Gasteiger partial charge in [-0.1, -0.05) is 0 Å². The fraction of sp³-hybridized carbons (Fsp3) is 0.200. The molecular formula is C10H9Br3N2S2. The zero-order chi connectivity index (χ0) is 12.4. The second-order valence-electron chi connectivity index (χ2n) is 3.40. The van der Waals surface area contributed by atoms with Crippen molar-refractivity contribution in [2.24, 2.45) is 5.84 Å². The molecule has 0 saturated carbocycles. The first-order valence-electron chi connectivity index (χ1n) is 4.75. The number of rotatable bonds is 4. The summed E-state index contributed by atoms with van der Waals surface area (Å²) in [6, 6.07) is 6.43. The highest BCUT2D eigenvalue weighted by atomic mass is 79.9. The van der Waals surface area contributed by atoms with Gasteiger partial charge in [0.25, 0.3) is 0 Å². The maximum Gasteiger partial charge on any atom is 0.0843 e. The zero-order valence-electron chi connectivity index (χ0n) is 8.54. The Kier molecular flexibility index (Phi) is 5.23. The molecule has 1 unspecified atom stereocenters. The Morgan fingerprint density at radius 3 is 2.47 bits per heavy atom. The van der Waals surface area contributed by atoms with Crippen molar-refractivity contribution < 1.29 is 0 Å². The Morgan fingerprint density at radius 1 is 1.24 bits per heavy atom. The Labute approximate surface area is 133 Å². The molecule has 1 atom stereocenters. The molecule has 0 spiro atoms. The fourth-order valence-corrected chi connectivity index (χ4v) is 5.12. The van der Waals surface area contributed by atoms with Crippen molar-refractivity contribution in [2.45, 2.75) is 12.5 Å². The van der Waals surface area contributed by atoms with Crippen LogP contribution in [0.3, 0.4) is 0 Å². The van der Waals surface area contributed by atoms with Gasteiger partial charge in [0.2, 0.25) is 0 Å². The number of hydrogen-bond donors (Lipinski definition) is 2. The van der Waals surface area contributed by atoms with Crippen LogP contribution in [-0.2, 0) is 6.42 Å². The molecule has 7 heteroatoms. The van der Waals surface area contributed by atoms with Crippen molar-refractivity contribution in [3.8, 4) is 0 Å². The average Bonchev–Trinajstić information content (AvgIpc) is 2.83. The van der Waals surface area contributed by atoms with Gasteiger partial charge < -0.3 is 0 Å². The van der Waals surface area contributed by atoms with E-state index in [2.05, 4.69) is 71.4 Å². The topological polar surface area (TPSA) is 38.0 Å². The van der Waals surface area contributed by atoms with E-state index in [-0.39, 0.29) is 6.04 Å². The van der Waals surface area contributed by atoms with E-state index >= 15 is 0 Å². The summed E-state index contributed by atoms with van der Waals surface area (Å²) in [6.07, 6.45) is 0.895. The van der Waals surface area contributed by atoms with Crippen molar-refractivity contribution in [2.75, 3.05) is 0 Å². The van der Waals surface area contributed by atoms with Crippen LogP contribution in [0, 0.1) is 0 Å². The summed E-state index contributed by atoms with van der Waals surface area (Å²) in [5.41, 5.74) is 2.88. The molecule has 0 aliphatic carbocycles. The van der Waals surface area contributed by atoms with Gasteiger partial charge >= 0.3 is 0 Å². The third kappa shape index (κ3) is 3.62. The van der Waals surface area contributed by atoms with E-state index in [0.717, 1.165) is 18.5 Å².